The van der Waals surface area contributed by atoms with E-state index >= 15 is 0 Å². The predicted octanol–water partition coefficient (Wildman–Crippen LogP) is 1.34. The summed E-state index contributed by atoms with van der Waals surface area (Å²) in [5.41, 5.74) is 1.20. The molecule has 2 aromatic rings. The third kappa shape index (κ3) is 4.32. The average molecular weight is 448 g/mol. The van der Waals surface area contributed by atoms with E-state index in [2.05, 4.69) is 10.2 Å². The fraction of sp³-hybridized carbons (Fsp3) is 0.524. The maximum Gasteiger partial charge on any atom is 0.274 e. The SMILES string of the molecule is Cc1cc(C(=O)N2CC[C@@H]3[C@@H](CC2)Oc2ccccc2S(=O)(=O)N3CCN(C)C)n[nH]1. The molecule has 1 fully saturated rings. The minimum absolute atomic E-state index is 0.149. The quantitative estimate of drug-likeness (QED) is 0.759. The Kier molecular flexibility index (Phi) is 6.05. The number of nitrogens with zero attached hydrogens (tertiary/aromatic N) is 4. The zero-order valence-electron chi connectivity index (χ0n) is 18.1. The number of fused-ring (bicyclic) bond motifs is 2. The van der Waals surface area contributed by atoms with Gasteiger partial charge in [0.05, 0.1) is 6.04 Å². The van der Waals surface area contributed by atoms with Gasteiger partial charge in [-0.3, -0.25) is 9.89 Å². The van der Waals surface area contributed by atoms with Crippen LogP contribution in [0.1, 0.15) is 29.0 Å². The Labute approximate surface area is 183 Å². The van der Waals surface area contributed by atoms with Gasteiger partial charge in [0.2, 0.25) is 10.0 Å². The smallest absolute Gasteiger partial charge is 0.274 e. The molecule has 1 N–H and O–H groups in total. The molecule has 3 heterocycles. The van der Waals surface area contributed by atoms with Crippen LogP contribution in [0.4, 0.5) is 0 Å². The second-order valence-corrected chi connectivity index (χ2v) is 10.3. The predicted molar refractivity (Wildman–Crippen MR) is 116 cm³/mol. The van der Waals surface area contributed by atoms with Crippen molar-refractivity contribution in [3.05, 3.63) is 41.7 Å². The van der Waals surface area contributed by atoms with Crippen LogP contribution in [0.25, 0.3) is 0 Å². The van der Waals surface area contributed by atoms with Crippen molar-refractivity contribution in [1.82, 2.24) is 24.3 Å². The van der Waals surface area contributed by atoms with E-state index < -0.39 is 10.0 Å². The van der Waals surface area contributed by atoms with Crippen LogP contribution < -0.4 is 4.74 Å². The normalized spacial score (nSPS) is 23.4. The van der Waals surface area contributed by atoms with Crippen molar-refractivity contribution in [2.75, 3.05) is 40.3 Å². The molecule has 10 heteroatoms. The van der Waals surface area contributed by atoms with Crippen LogP contribution in [0.5, 0.6) is 5.75 Å². The second-order valence-electron chi connectivity index (χ2n) is 8.40. The van der Waals surface area contributed by atoms with Gasteiger partial charge >= 0.3 is 0 Å². The van der Waals surface area contributed by atoms with Crippen molar-refractivity contribution in [1.29, 1.82) is 0 Å². The summed E-state index contributed by atoms with van der Waals surface area (Å²) in [6.45, 7) is 3.73. The highest BCUT2D eigenvalue weighted by Crippen LogP contribution is 2.36. The van der Waals surface area contributed by atoms with E-state index in [4.69, 9.17) is 4.74 Å². The van der Waals surface area contributed by atoms with Gasteiger partial charge in [0.1, 0.15) is 22.4 Å². The van der Waals surface area contributed by atoms with Crippen molar-refractivity contribution in [3.63, 3.8) is 0 Å². The summed E-state index contributed by atoms with van der Waals surface area (Å²) in [5, 5.41) is 6.89. The van der Waals surface area contributed by atoms with E-state index in [0.29, 0.717) is 50.5 Å². The first-order valence-electron chi connectivity index (χ1n) is 10.5. The van der Waals surface area contributed by atoms with Crippen LogP contribution in [0.3, 0.4) is 0 Å². The minimum atomic E-state index is -3.73. The summed E-state index contributed by atoms with van der Waals surface area (Å²) in [5.74, 6) is 0.233. The number of hydrogen-bond acceptors (Lipinski definition) is 6. The van der Waals surface area contributed by atoms with Crippen LogP contribution in [0.15, 0.2) is 35.2 Å². The molecule has 0 spiro atoms. The van der Waals surface area contributed by atoms with E-state index in [0.717, 1.165) is 5.69 Å². The number of likely N-dealkylation sites (tertiary alicyclic amines) is 1. The van der Waals surface area contributed by atoms with Gasteiger partial charge in [-0.25, -0.2) is 8.42 Å². The lowest BCUT2D eigenvalue weighted by atomic mass is 10.1. The largest absolute Gasteiger partial charge is 0.487 e. The summed E-state index contributed by atoms with van der Waals surface area (Å²) in [7, 11) is 0.117. The lowest BCUT2D eigenvalue weighted by Gasteiger charge is -2.32. The van der Waals surface area contributed by atoms with Crippen molar-refractivity contribution in [2.45, 2.75) is 36.8 Å². The first-order chi connectivity index (χ1) is 14.8. The number of para-hydroxylation sites is 1. The van der Waals surface area contributed by atoms with Gasteiger partial charge < -0.3 is 14.5 Å². The number of rotatable bonds is 4. The molecule has 0 bridgehead atoms. The van der Waals surface area contributed by atoms with Crippen molar-refractivity contribution in [2.24, 2.45) is 0 Å². The number of hydrogen-bond donors (Lipinski definition) is 1. The van der Waals surface area contributed by atoms with Crippen LogP contribution >= 0.6 is 0 Å². The number of H-pyrrole nitrogens is 1. The van der Waals surface area contributed by atoms with Gasteiger partial charge in [0.15, 0.2) is 0 Å². The van der Waals surface area contributed by atoms with Gasteiger partial charge in [0.25, 0.3) is 5.91 Å². The number of aromatic amines is 1. The molecule has 0 saturated carbocycles. The lowest BCUT2D eigenvalue weighted by Crippen LogP contribution is -2.49. The number of carbonyl (C=O) groups excluding carboxylic acids is 1. The average Bonchev–Trinajstić information content (AvgIpc) is 3.02. The Morgan fingerprint density at radius 1 is 1.26 bits per heavy atom. The molecule has 9 nitrogen and oxygen atoms in total. The number of benzene rings is 1. The van der Waals surface area contributed by atoms with Crippen LogP contribution in [0.2, 0.25) is 0 Å². The number of carbonyl (C=O) groups is 1. The van der Waals surface area contributed by atoms with E-state index in [1.165, 1.54) is 0 Å². The zero-order chi connectivity index (χ0) is 22.2. The van der Waals surface area contributed by atoms with Crippen LogP contribution in [0, 0.1) is 6.92 Å². The Morgan fingerprint density at radius 3 is 2.71 bits per heavy atom. The highest BCUT2D eigenvalue weighted by molar-refractivity contribution is 7.89. The number of amides is 1. The number of nitrogens with one attached hydrogen (secondary N) is 1. The summed E-state index contributed by atoms with van der Waals surface area (Å²) < 4.78 is 35.0. The number of aromatic nitrogens is 2. The first-order valence-corrected chi connectivity index (χ1v) is 11.9. The molecule has 1 aromatic heterocycles. The monoisotopic (exact) mass is 447 g/mol. The molecule has 2 aliphatic rings. The highest BCUT2D eigenvalue weighted by Gasteiger charge is 2.43. The Morgan fingerprint density at radius 2 is 2.00 bits per heavy atom. The molecule has 2 atom stereocenters. The maximum absolute atomic E-state index is 13.6. The molecule has 1 saturated heterocycles. The first kappa shape index (κ1) is 21.8. The fourth-order valence-electron chi connectivity index (χ4n) is 4.23. The zero-order valence-corrected chi connectivity index (χ0v) is 18.9. The van der Waals surface area contributed by atoms with E-state index in [1.807, 2.05) is 25.9 Å². The van der Waals surface area contributed by atoms with E-state index in [1.54, 1.807) is 39.5 Å². The fourth-order valence-corrected chi connectivity index (χ4v) is 6.03. The third-order valence-electron chi connectivity index (χ3n) is 5.87. The lowest BCUT2D eigenvalue weighted by molar-refractivity contribution is 0.0749. The van der Waals surface area contributed by atoms with Crippen molar-refractivity contribution >= 4 is 15.9 Å². The third-order valence-corrected chi connectivity index (χ3v) is 7.84. The van der Waals surface area contributed by atoms with Gasteiger partial charge in [0, 0.05) is 38.3 Å². The van der Waals surface area contributed by atoms with Crippen molar-refractivity contribution < 1.29 is 17.9 Å². The van der Waals surface area contributed by atoms with Crippen molar-refractivity contribution in [3.8, 4) is 5.75 Å². The molecule has 0 radical (unpaired) electrons. The summed E-state index contributed by atoms with van der Waals surface area (Å²) >= 11 is 0. The topological polar surface area (TPSA) is 98.8 Å². The molecule has 1 amide bonds. The van der Waals surface area contributed by atoms with Gasteiger partial charge in [-0.1, -0.05) is 12.1 Å². The molecular formula is C21H29N5O4S. The number of sulfonamides is 1. The van der Waals surface area contributed by atoms with E-state index in [9.17, 15) is 13.2 Å². The Hall–Kier alpha value is -2.43. The molecule has 31 heavy (non-hydrogen) atoms. The Bertz CT molecular complexity index is 1050. The highest BCUT2D eigenvalue weighted by atomic mass is 32.2. The molecule has 4 rings (SSSR count). The van der Waals surface area contributed by atoms with Gasteiger partial charge in [-0.05, 0) is 45.6 Å². The molecule has 1 aromatic carbocycles. The minimum Gasteiger partial charge on any atom is -0.487 e. The van der Waals surface area contributed by atoms with E-state index in [-0.39, 0.29) is 22.9 Å². The van der Waals surface area contributed by atoms with Crippen LogP contribution in [-0.4, -0.2) is 91.0 Å². The molecule has 168 valence electrons. The molecule has 0 unspecified atom stereocenters. The molecule has 2 aliphatic heterocycles. The molecule has 0 aliphatic carbocycles. The summed E-state index contributed by atoms with van der Waals surface area (Å²) in [6.07, 6.45) is 0.710. The summed E-state index contributed by atoms with van der Waals surface area (Å²) in [4.78, 5) is 16.8. The molecular weight excluding hydrogens is 418 g/mol. The van der Waals surface area contributed by atoms with Gasteiger partial charge in [-0.2, -0.15) is 9.40 Å². The second kappa shape index (κ2) is 8.60. The Balaban J connectivity index is 1.65. The summed E-state index contributed by atoms with van der Waals surface area (Å²) in [6, 6.07) is 8.19. The number of ether oxygens (including phenoxy) is 1. The number of likely N-dealkylation sites (N-methyl/N-ethyl adjacent to an activating group) is 1. The standard InChI is InChI=1S/C21H29N5O4S/c1-15-14-16(23-22-15)21(27)25-10-8-17-18(9-11-25)30-19-6-4-5-7-20(19)31(28,29)26(17)13-12-24(2)3/h4-7,14,17-18H,8-13H2,1-3H3,(H,22,23)/t17-,18-/m1/s1. The number of aryl methyl sites for hydroxylation is 1. The van der Waals surface area contributed by atoms with Gasteiger partial charge in [-0.15, -0.1) is 0 Å². The van der Waals surface area contributed by atoms with Crippen LogP contribution in [-0.2, 0) is 10.0 Å². The maximum atomic E-state index is 13.6.